The molecule has 1 aromatic heterocycles. The van der Waals surface area contributed by atoms with Gasteiger partial charge in [0.25, 0.3) is 5.91 Å². The van der Waals surface area contributed by atoms with Crippen LogP contribution in [0.5, 0.6) is 0 Å². The Bertz CT molecular complexity index is 1200. The second-order valence-corrected chi connectivity index (χ2v) is 9.57. The van der Waals surface area contributed by atoms with E-state index in [-0.39, 0.29) is 16.7 Å². The summed E-state index contributed by atoms with van der Waals surface area (Å²) in [5.74, 6) is -1.12. The van der Waals surface area contributed by atoms with Crippen molar-refractivity contribution in [1.82, 2.24) is 19.6 Å². The van der Waals surface area contributed by atoms with E-state index in [2.05, 4.69) is 10.2 Å². The summed E-state index contributed by atoms with van der Waals surface area (Å²) in [5, 5.41) is 16.3. The van der Waals surface area contributed by atoms with Crippen molar-refractivity contribution in [2.75, 3.05) is 18.9 Å². The summed E-state index contributed by atoms with van der Waals surface area (Å²) in [6.45, 7) is 3.54. The van der Waals surface area contributed by atoms with Gasteiger partial charge in [0.2, 0.25) is 0 Å². The molecule has 172 valence electrons. The van der Waals surface area contributed by atoms with E-state index >= 15 is 0 Å². The number of nitrogens with one attached hydrogen (secondary N) is 1. The lowest BCUT2D eigenvalue weighted by molar-refractivity contribution is -0.0103. The summed E-state index contributed by atoms with van der Waals surface area (Å²) >= 11 is 0. The molecule has 1 aromatic carbocycles. The molecule has 1 N–H and O–H groups in total. The minimum atomic E-state index is -0.793. The molecule has 3 aliphatic rings. The van der Waals surface area contributed by atoms with Crippen molar-refractivity contribution >= 4 is 17.6 Å². The van der Waals surface area contributed by atoms with Crippen LogP contribution >= 0.6 is 0 Å². The zero-order valence-corrected chi connectivity index (χ0v) is 18.4. The smallest absolute Gasteiger partial charge is 0.307 e. The number of halogens is 2. The fourth-order valence-corrected chi connectivity index (χ4v) is 5.48. The fraction of sp³-hybridized carbons (Fsp3) is 0.478. The highest BCUT2D eigenvalue weighted by Crippen LogP contribution is 2.47. The summed E-state index contributed by atoms with van der Waals surface area (Å²) in [6.07, 6.45) is 0.591. The lowest BCUT2D eigenvalue weighted by atomic mass is 9.67. The Morgan fingerprint density at radius 1 is 1.33 bits per heavy atom. The molecule has 3 amide bonds. The van der Waals surface area contributed by atoms with E-state index in [0.717, 1.165) is 23.2 Å². The number of fused-ring (bicyclic) bond motifs is 3. The molecule has 10 heteroatoms. The Labute approximate surface area is 189 Å². The van der Waals surface area contributed by atoms with Crippen LogP contribution in [0.15, 0.2) is 18.2 Å². The van der Waals surface area contributed by atoms with Crippen LogP contribution in [0.3, 0.4) is 0 Å². The van der Waals surface area contributed by atoms with Gasteiger partial charge in [0.15, 0.2) is 0 Å². The van der Waals surface area contributed by atoms with Gasteiger partial charge < -0.3 is 5.32 Å². The number of benzene rings is 1. The number of alkyl halides is 1. The van der Waals surface area contributed by atoms with Crippen molar-refractivity contribution < 1.29 is 18.4 Å². The van der Waals surface area contributed by atoms with Crippen LogP contribution in [0, 0.1) is 22.6 Å². The quantitative estimate of drug-likeness (QED) is 0.715. The summed E-state index contributed by atoms with van der Waals surface area (Å²) in [5.41, 5.74) is 1.68. The molecule has 3 heterocycles. The molecule has 1 spiro atoms. The maximum Gasteiger partial charge on any atom is 0.329 e. The van der Waals surface area contributed by atoms with Gasteiger partial charge in [-0.1, -0.05) is 0 Å². The Balaban J connectivity index is 1.44. The van der Waals surface area contributed by atoms with Crippen LogP contribution < -0.4 is 5.32 Å². The molecule has 1 saturated carbocycles. The number of aromatic nitrogens is 2. The average molecular weight is 454 g/mol. The Morgan fingerprint density at radius 3 is 2.79 bits per heavy atom. The molecule has 1 aliphatic carbocycles. The largest absolute Gasteiger partial charge is 0.329 e. The number of urea groups is 1. The average Bonchev–Trinajstić information content (AvgIpc) is 2.97. The molecule has 2 aliphatic heterocycles. The van der Waals surface area contributed by atoms with Gasteiger partial charge in [0.1, 0.15) is 18.1 Å². The number of amides is 3. The standard InChI is InChI=1S/C23H24F2N6O2/c1-13-5-18-20(19-10-29(2)11-23(7-15(24)8-23)12-30(19)28-18)21(32)31(13)22(33)27-16-3-4-17(25)14(6-16)9-26/h3-4,6,13,15H,5,7-8,10-12H2,1-2H3,(H,27,33)/t13-,15?,23?/m1/s1. The molecule has 2 aromatic rings. The molecule has 0 radical (unpaired) electrons. The third-order valence-corrected chi connectivity index (χ3v) is 6.87. The van der Waals surface area contributed by atoms with E-state index in [0.29, 0.717) is 43.6 Å². The fourth-order valence-electron chi connectivity index (χ4n) is 5.48. The van der Waals surface area contributed by atoms with Gasteiger partial charge in [-0.05, 0) is 45.0 Å². The van der Waals surface area contributed by atoms with Crippen molar-refractivity contribution in [3.63, 3.8) is 0 Å². The third kappa shape index (κ3) is 3.56. The number of nitriles is 1. The molecule has 33 heavy (non-hydrogen) atoms. The first kappa shape index (κ1) is 21.5. The predicted octanol–water partition coefficient (Wildman–Crippen LogP) is 3.08. The Morgan fingerprint density at radius 2 is 2.09 bits per heavy atom. The van der Waals surface area contributed by atoms with Crippen LogP contribution in [0.4, 0.5) is 19.3 Å². The van der Waals surface area contributed by atoms with Gasteiger partial charge in [0.05, 0.1) is 22.5 Å². The number of carbonyl (C=O) groups is 2. The third-order valence-electron chi connectivity index (χ3n) is 6.87. The van der Waals surface area contributed by atoms with E-state index in [9.17, 15) is 18.4 Å². The number of rotatable bonds is 1. The first-order chi connectivity index (χ1) is 15.7. The molecule has 1 atom stereocenters. The Hall–Kier alpha value is -3.32. The van der Waals surface area contributed by atoms with Gasteiger partial charge in [0, 0.05) is 43.2 Å². The molecule has 1 fully saturated rings. The number of carbonyl (C=O) groups excluding carboxylic acids is 2. The predicted molar refractivity (Wildman–Crippen MR) is 115 cm³/mol. The van der Waals surface area contributed by atoms with Gasteiger partial charge in [-0.3, -0.25) is 19.3 Å². The second-order valence-electron chi connectivity index (χ2n) is 9.57. The molecule has 8 nitrogen and oxygen atoms in total. The zero-order chi connectivity index (χ0) is 23.5. The molecule has 0 saturated heterocycles. The van der Waals surface area contributed by atoms with Crippen LogP contribution in [0.2, 0.25) is 0 Å². The number of hydrogen-bond acceptors (Lipinski definition) is 5. The van der Waals surface area contributed by atoms with Gasteiger partial charge in [-0.2, -0.15) is 10.4 Å². The minimum Gasteiger partial charge on any atom is -0.307 e. The van der Waals surface area contributed by atoms with E-state index in [1.54, 1.807) is 13.0 Å². The maximum atomic E-state index is 13.7. The van der Waals surface area contributed by atoms with E-state index in [1.807, 2.05) is 11.7 Å². The molecule has 0 bridgehead atoms. The van der Waals surface area contributed by atoms with Gasteiger partial charge in [-0.25, -0.2) is 13.6 Å². The van der Waals surface area contributed by atoms with E-state index in [1.165, 1.54) is 12.1 Å². The first-order valence-corrected chi connectivity index (χ1v) is 10.9. The van der Waals surface area contributed by atoms with Crippen molar-refractivity contribution in [2.24, 2.45) is 5.41 Å². The summed E-state index contributed by atoms with van der Waals surface area (Å²) in [6, 6.07) is 4.32. The number of nitrogens with zero attached hydrogens (tertiary/aromatic N) is 5. The van der Waals surface area contributed by atoms with E-state index in [4.69, 9.17) is 10.4 Å². The van der Waals surface area contributed by atoms with Crippen molar-refractivity contribution in [1.29, 1.82) is 5.26 Å². The number of anilines is 1. The second kappa shape index (κ2) is 7.63. The van der Waals surface area contributed by atoms with Crippen LogP contribution in [0.1, 0.15) is 47.1 Å². The monoisotopic (exact) mass is 454 g/mol. The highest BCUT2D eigenvalue weighted by Gasteiger charge is 2.49. The van der Waals surface area contributed by atoms with Crippen LogP contribution in [-0.2, 0) is 19.5 Å². The van der Waals surface area contributed by atoms with E-state index < -0.39 is 30.0 Å². The summed E-state index contributed by atoms with van der Waals surface area (Å²) in [4.78, 5) is 29.8. The molecular weight excluding hydrogens is 430 g/mol. The zero-order valence-electron chi connectivity index (χ0n) is 18.4. The minimum absolute atomic E-state index is 0.180. The summed E-state index contributed by atoms with van der Waals surface area (Å²) < 4.78 is 29.2. The van der Waals surface area contributed by atoms with Crippen LogP contribution in [-0.4, -0.2) is 57.3 Å². The van der Waals surface area contributed by atoms with Crippen LogP contribution in [0.25, 0.3) is 0 Å². The molecular formula is C23H24F2N6O2. The van der Waals surface area contributed by atoms with Crippen molar-refractivity contribution in [3.8, 4) is 6.07 Å². The normalized spacial score (nSPS) is 26.8. The maximum absolute atomic E-state index is 13.7. The lowest BCUT2D eigenvalue weighted by Gasteiger charge is -2.45. The molecule has 0 unspecified atom stereocenters. The Kier molecular flexibility index (Phi) is 4.97. The highest BCUT2D eigenvalue weighted by molar-refractivity contribution is 6.10. The number of imide groups is 1. The van der Waals surface area contributed by atoms with Gasteiger partial charge >= 0.3 is 6.03 Å². The van der Waals surface area contributed by atoms with Crippen molar-refractivity contribution in [2.45, 2.75) is 51.5 Å². The topological polar surface area (TPSA) is 94.3 Å². The van der Waals surface area contributed by atoms with Gasteiger partial charge in [-0.15, -0.1) is 0 Å². The highest BCUT2D eigenvalue weighted by atomic mass is 19.1. The number of hydrogen-bond donors (Lipinski definition) is 1. The first-order valence-electron chi connectivity index (χ1n) is 10.9. The summed E-state index contributed by atoms with van der Waals surface area (Å²) in [7, 11) is 1.95. The SMILES string of the molecule is C[C@@H]1Cc2nn3c(c2C(=O)N1C(=O)Nc1ccc(F)c(C#N)c1)CN(C)CC1(CC(F)C1)C3. The molecule has 5 rings (SSSR count). The lowest BCUT2D eigenvalue weighted by Crippen LogP contribution is -2.50. The van der Waals surface area contributed by atoms with Crippen molar-refractivity contribution in [3.05, 3.63) is 46.5 Å².